The van der Waals surface area contributed by atoms with Gasteiger partial charge in [0.1, 0.15) is 0 Å². The SMILES string of the molecule is c1ccc(N2c3ccccc3B3c4ccccc4N4c5ccccc5B5c6ccccc6N(c6cccc7sc8ccccc8c67)c6cc2c3c4c65)cc1. The quantitative estimate of drug-likeness (QED) is 0.167. The first-order valence-electron chi connectivity index (χ1n) is 18.8. The van der Waals surface area contributed by atoms with Crippen molar-refractivity contribution in [2.75, 3.05) is 14.7 Å². The van der Waals surface area contributed by atoms with E-state index in [1.54, 1.807) is 0 Å². The fraction of sp³-hybridized carbons (Fsp3) is 0. The molecule has 4 aliphatic rings. The zero-order valence-corrected chi connectivity index (χ0v) is 30.0. The molecule has 0 saturated carbocycles. The number of anilines is 9. The van der Waals surface area contributed by atoms with Crippen molar-refractivity contribution in [2.45, 2.75) is 0 Å². The van der Waals surface area contributed by atoms with E-state index in [1.165, 1.54) is 104 Å². The summed E-state index contributed by atoms with van der Waals surface area (Å²) < 4.78 is 2.62. The van der Waals surface area contributed by atoms with E-state index in [4.69, 9.17) is 0 Å². The smallest absolute Gasteiger partial charge is 0.252 e. The molecule has 0 N–H and O–H groups in total. The molecule has 6 heteroatoms. The van der Waals surface area contributed by atoms with Gasteiger partial charge in [0.05, 0.1) is 5.69 Å². The summed E-state index contributed by atoms with van der Waals surface area (Å²) in [4.78, 5) is 7.74. The topological polar surface area (TPSA) is 9.72 Å². The molecule has 0 amide bonds. The lowest BCUT2D eigenvalue weighted by Crippen LogP contribution is -2.68. The van der Waals surface area contributed by atoms with Crippen molar-refractivity contribution in [3.8, 4) is 0 Å². The Morgan fingerprint density at radius 2 is 0.815 bits per heavy atom. The van der Waals surface area contributed by atoms with Crippen LogP contribution >= 0.6 is 11.3 Å². The maximum absolute atomic E-state index is 2.61. The molecule has 0 aliphatic carbocycles. The van der Waals surface area contributed by atoms with Gasteiger partial charge in [0, 0.05) is 65.7 Å². The molecule has 0 spiro atoms. The van der Waals surface area contributed by atoms with E-state index in [9.17, 15) is 0 Å². The molecule has 5 heterocycles. The second-order valence-corrected chi connectivity index (χ2v) is 15.9. The number of nitrogens with zero attached hydrogens (tertiary/aromatic N) is 3. The van der Waals surface area contributed by atoms with E-state index in [2.05, 4.69) is 191 Å². The van der Waals surface area contributed by atoms with Gasteiger partial charge in [0.25, 0.3) is 13.4 Å². The van der Waals surface area contributed by atoms with Crippen molar-refractivity contribution in [3.63, 3.8) is 0 Å². The average Bonchev–Trinajstić information content (AvgIpc) is 3.62. The van der Waals surface area contributed by atoms with Crippen LogP contribution in [0.4, 0.5) is 51.2 Å². The molecule has 8 aromatic carbocycles. The van der Waals surface area contributed by atoms with Gasteiger partial charge in [-0.05, 0) is 93.4 Å². The number of hydrogen-bond acceptors (Lipinski definition) is 4. The van der Waals surface area contributed by atoms with E-state index in [1.807, 2.05) is 11.3 Å². The fourth-order valence-electron chi connectivity index (χ4n) is 10.2. The summed E-state index contributed by atoms with van der Waals surface area (Å²) >= 11 is 1.88. The summed E-state index contributed by atoms with van der Waals surface area (Å²) in [7, 11) is 0. The van der Waals surface area contributed by atoms with Crippen LogP contribution in [-0.4, -0.2) is 13.4 Å². The number of thiophene rings is 1. The third-order valence-corrected chi connectivity index (χ3v) is 13.3. The summed E-state index contributed by atoms with van der Waals surface area (Å²) in [5.74, 6) is 0. The lowest BCUT2D eigenvalue weighted by Gasteiger charge is -2.51. The Morgan fingerprint density at radius 3 is 1.44 bits per heavy atom. The highest BCUT2D eigenvalue weighted by atomic mass is 32.1. The standard InChI is InChI=1S/C48H29B2N3S/c1-2-15-30(16-3-1)51-36-22-9-5-18-32(36)49-34-20-7-11-24-38(34)53-39-25-12-8-21-35(39)50-33-19-6-10-23-37(33)52(42-29-41(51)46(49)48(53)47(42)50)40-26-14-28-44-45(40)31-17-4-13-27-43(31)54-44/h1-29H. The van der Waals surface area contributed by atoms with Crippen molar-refractivity contribution in [1.82, 2.24) is 0 Å². The van der Waals surface area contributed by atoms with E-state index in [0.29, 0.717) is 0 Å². The first-order chi connectivity index (χ1) is 26.8. The Hall–Kier alpha value is -6.49. The summed E-state index contributed by atoms with van der Waals surface area (Å²) in [5.41, 5.74) is 19.3. The number of hydrogen-bond donors (Lipinski definition) is 0. The lowest BCUT2D eigenvalue weighted by molar-refractivity contribution is 1.23. The van der Waals surface area contributed by atoms with Gasteiger partial charge in [-0.3, -0.25) is 0 Å². The van der Waals surface area contributed by atoms with E-state index < -0.39 is 0 Å². The highest BCUT2D eigenvalue weighted by molar-refractivity contribution is 7.26. The van der Waals surface area contributed by atoms with Crippen LogP contribution in [0.25, 0.3) is 20.2 Å². The summed E-state index contributed by atoms with van der Waals surface area (Å²) in [6.07, 6.45) is 0. The maximum atomic E-state index is 2.61. The minimum atomic E-state index is 0.0758. The zero-order chi connectivity index (χ0) is 35.1. The molecular weight excluding hydrogens is 672 g/mol. The first kappa shape index (κ1) is 29.0. The normalized spacial score (nSPS) is 14.1. The van der Waals surface area contributed by atoms with Gasteiger partial charge in [-0.1, -0.05) is 115 Å². The molecular formula is C48H29B2N3S. The molecule has 0 fully saturated rings. The lowest BCUT2D eigenvalue weighted by atomic mass is 9.29. The number of benzene rings is 8. The van der Waals surface area contributed by atoms with Crippen LogP contribution in [0.1, 0.15) is 0 Å². The van der Waals surface area contributed by atoms with Gasteiger partial charge in [-0.25, -0.2) is 0 Å². The number of rotatable bonds is 2. The van der Waals surface area contributed by atoms with Crippen LogP contribution < -0.4 is 47.5 Å². The van der Waals surface area contributed by atoms with Gasteiger partial charge < -0.3 is 14.7 Å². The summed E-state index contributed by atoms with van der Waals surface area (Å²) in [5, 5.41) is 2.62. The molecule has 4 aliphatic heterocycles. The molecule has 13 rings (SSSR count). The molecule has 1 aromatic heterocycles. The van der Waals surface area contributed by atoms with Crippen molar-refractivity contribution >= 4 is 129 Å². The van der Waals surface area contributed by atoms with Gasteiger partial charge in [-0.15, -0.1) is 11.3 Å². The van der Waals surface area contributed by atoms with Gasteiger partial charge in [0.2, 0.25) is 0 Å². The average molecular weight is 701 g/mol. The number of para-hydroxylation sites is 5. The number of fused-ring (bicyclic) bond motifs is 13. The molecule has 3 nitrogen and oxygen atoms in total. The molecule has 0 atom stereocenters. The zero-order valence-electron chi connectivity index (χ0n) is 29.1. The monoisotopic (exact) mass is 701 g/mol. The largest absolute Gasteiger partial charge is 0.312 e. The van der Waals surface area contributed by atoms with Crippen LogP contribution in [0.2, 0.25) is 0 Å². The Balaban J connectivity index is 1.23. The summed E-state index contributed by atoms with van der Waals surface area (Å²) in [6, 6.07) is 65.8. The van der Waals surface area contributed by atoms with Crippen LogP contribution in [0.3, 0.4) is 0 Å². The second-order valence-electron chi connectivity index (χ2n) is 14.8. The third-order valence-electron chi connectivity index (χ3n) is 12.2. The fourth-order valence-corrected chi connectivity index (χ4v) is 11.4. The second kappa shape index (κ2) is 10.6. The van der Waals surface area contributed by atoms with E-state index >= 15 is 0 Å². The van der Waals surface area contributed by atoms with E-state index in [-0.39, 0.29) is 13.4 Å². The highest BCUT2D eigenvalue weighted by Crippen LogP contribution is 2.51. The highest BCUT2D eigenvalue weighted by Gasteiger charge is 2.51. The van der Waals surface area contributed by atoms with Gasteiger partial charge in [0.15, 0.2) is 0 Å². The van der Waals surface area contributed by atoms with Gasteiger partial charge >= 0.3 is 0 Å². The first-order valence-corrected chi connectivity index (χ1v) is 19.6. The third kappa shape index (κ3) is 3.59. The molecule has 248 valence electrons. The van der Waals surface area contributed by atoms with Crippen LogP contribution in [0, 0.1) is 0 Å². The predicted molar refractivity (Wildman–Crippen MR) is 233 cm³/mol. The van der Waals surface area contributed by atoms with E-state index in [0.717, 1.165) is 0 Å². The van der Waals surface area contributed by atoms with Crippen LogP contribution in [-0.2, 0) is 0 Å². The Morgan fingerprint density at radius 1 is 0.352 bits per heavy atom. The minimum Gasteiger partial charge on any atom is -0.312 e. The molecule has 54 heavy (non-hydrogen) atoms. The predicted octanol–water partition coefficient (Wildman–Crippen LogP) is 8.75. The Bertz CT molecular complexity index is 3040. The summed E-state index contributed by atoms with van der Waals surface area (Å²) in [6.45, 7) is 0.163. The van der Waals surface area contributed by atoms with Gasteiger partial charge in [-0.2, -0.15) is 0 Å². The Kier molecular flexibility index (Phi) is 5.67. The maximum Gasteiger partial charge on any atom is 0.252 e. The molecule has 0 radical (unpaired) electrons. The van der Waals surface area contributed by atoms with Crippen LogP contribution in [0.5, 0.6) is 0 Å². The van der Waals surface area contributed by atoms with Crippen molar-refractivity contribution in [1.29, 1.82) is 0 Å². The van der Waals surface area contributed by atoms with Crippen molar-refractivity contribution < 1.29 is 0 Å². The molecule has 0 unspecified atom stereocenters. The van der Waals surface area contributed by atoms with Crippen molar-refractivity contribution in [2.24, 2.45) is 0 Å². The molecule has 0 bridgehead atoms. The van der Waals surface area contributed by atoms with Crippen LogP contribution in [0.15, 0.2) is 176 Å². The molecule has 0 saturated heterocycles. The molecule has 9 aromatic rings. The van der Waals surface area contributed by atoms with Crippen molar-refractivity contribution in [3.05, 3.63) is 176 Å². The minimum absolute atomic E-state index is 0.0758. The Labute approximate surface area is 318 Å².